The van der Waals surface area contributed by atoms with Crippen LogP contribution in [0.15, 0.2) is 0 Å². The number of hydrogen-bond donors (Lipinski definition) is 3. The minimum Gasteiger partial charge on any atom is -0.481 e. The third kappa shape index (κ3) is 6.08. The summed E-state index contributed by atoms with van der Waals surface area (Å²) in [4.78, 5) is 21.2. The third-order valence-corrected chi connectivity index (χ3v) is 2.09. The molecule has 11 heteroatoms. The van der Waals surface area contributed by atoms with Crippen molar-refractivity contribution < 1.29 is 46.1 Å². The molecule has 5 nitrogen and oxygen atoms in total. The Bertz CT molecular complexity index is 362. The zero-order valence-corrected chi connectivity index (χ0v) is 9.97. The van der Waals surface area contributed by atoms with Crippen LogP contribution in [0.25, 0.3) is 0 Å². The number of rotatable bonds is 5. The molecule has 118 valence electrons. The van der Waals surface area contributed by atoms with Crippen molar-refractivity contribution >= 4 is 11.9 Å². The number of alkyl halides is 6. The molecule has 0 aromatic carbocycles. The number of carbonyl (C=O) groups excluding carboxylic acids is 1. The highest BCUT2D eigenvalue weighted by molar-refractivity contribution is 5.80. The molecule has 0 bridgehead atoms. The zero-order chi connectivity index (χ0) is 16.4. The molecule has 0 aromatic heterocycles. The molecule has 0 saturated carbocycles. The number of nitrogens with one attached hydrogen (secondary N) is 1. The number of carbonyl (C=O) groups is 2. The quantitative estimate of drug-likeness (QED) is 0.663. The summed E-state index contributed by atoms with van der Waals surface area (Å²) >= 11 is 0. The van der Waals surface area contributed by atoms with Gasteiger partial charge < -0.3 is 15.5 Å². The molecule has 0 heterocycles. The number of aliphatic hydroxyl groups is 1. The van der Waals surface area contributed by atoms with Gasteiger partial charge in [-0.2, -0.15) is 26.3 Å². The summed E-state index contributed by atoms with van der Waals surface area (Å²) in [7, 11) is 0. The fraction of sp³-hybridized carbons (Fsp3) is 0.778. The topological polar surface area (TPSA) is 86.6 Å². The van der Waals surface area contributed by atoms with Crippen molar-refractivity contribution in [2.24, 2.45) is 5.92 Å². The molecule has 3 N–H and O–H groups in total. The minimum atomic E-state index is -5.85. The molecule has 20 heavy (non-hydrogen) atoms. The summed E-state index contributed by atoms with van der Waals surface area (Å²) in [6.07, 6.45) is -12.7. The van der Waals surface area contributed by atoms with Crippen LogP contribution in [0.5, 0.6) is 0 Å². The molecule has 0 aliphatic carbocycles. The van der Waals surface area contributed by atoms with E-state index in [4.69, 9.17) is 5.11 Å². The maximum Gasteiger partial charge on any atom is 0.409 e. The second-order valence-electron chi connectivity index (χ2n) is 4.30. The Morgan fingerprint density at radius 2 is 1.50 bits per heavy atom. The van der Waals surface area contributed by atoms with E-state index in [1.165, 1.54) is 5.32 Å². The van der Waals surface area contributed by atoms with Gasteiger partial charge in [0.25, 0.3) is 0 Å². The van der Waals surface area contributed by atoms with Gasteiger partial charge in [-0.3, -0.25) is 9.59 Å². The molecule has 0 fully saturated rings. The number of amides is 1. The smallest absolute Gasteiger partial charge is 0.409 e. The molecular weight excluding hydrogens is 300 g/mol. The highest BCUT2D eigenvalue weighted by atomic mass is 19.4. The SMILES string of the molecule is CC(O)(CNC(=O)C(C(F)(F)F)C(F)(F)F)CC(=O)O. The van der Waals surface area contributed by atoms with E-state index in [1.54, 1.807) is 0 Å². The molecule has 1 amide bonds. The van der Waals surface area contributed by atoms with Gasteiger partial charge in [0.1, 0.15) is 0 Å². The lowest BCUT2D eigenvalue weighted by molar-refractivity contribution is -0.274. The van der Waals surface area contributed by atoms with Gasteiger partial charge >= 0.3 is 18.3 Å². The maximum atomic E-state index is 12.2. The number of carboxylic acid groups (broad SMARTS) is 1. The lowest BCUT2D eigenvalue weighted by Crippen LogP contribution is -2.51. The lowest BCUT2D eigenvalue weighted by atomic mass is 10.0. The van der Waals surface area contributed by atoms with Crippen LogP contribution in [-0.2, 0) is 9.59 Å². The average molecular weight is 311 g/mol. The van der Waals surface area contributed by atoms with E-state index < -0.39 is 48.7 Å². The van der Waals surface area contributed by atoms with Gasteiger partial charge in [0.2, 0.25) is 11.8 Å². The molecule has 1 atom stereocenters. The van der Waals surface area contributed by atoms with Crippen LogP contribution in [0.3, 0.4) is 0 Å². The lowest BCUT2D eigenvalue weighted by Gasteiger charge is -2.25. The van der Waals surface area contributed by atoms with Crippen LogP contribution in [-0.4, -0.2) is 46.6 Å². The van der Waals surface area contributed by atoms with Crippen molar-refractivity contribution in [1.29, 1.82) is 0 Å². The summed E-state index contributed by atoms with van der Waals surface area (Å²) in [6.45, 7) is -0.224. The normalized spacial score (nSPS) is 15.8. The first-order chi connectivity index (χ1) is 8.67. The van der Waals surface area contributed by atoms with E-state index in [0.29, 0.717) is 0 Å². The molecule has 0 saturated heterocycles. The number of halogens is 6. The van der Waals surface area contributed by atoms with Crippen LogP contribution >= 0.6 is 0 Å². The molecule has 0 spiro atoms. The third-order valence-electron chi connectivity index (χ3n) is 2.09. The molecule has 0 radical (unpaired) electrons. The largest absolute Gasteiger partial charge is 0.481 e. The van der Waals surface area contributed by atoms with E-state index in [-0.39, 0.29) is 0 Å². The Balaban J connectivity index is 4.85. The van der Waals surface area contributed by atoms with Crippen LogP contribution < -0.4 is 5.32 Å². The molecular formula is C9H11F6NO4. The first kappa shape index (κ1) is 18.5. The van der Waals surface area contributed by atoms with Crippen LogP contribution in [0.2, 0.25) is 0 Å². The van der Waals surface area contributed by atoms with Crippen LogP contribution in [0.1, 0.15) is 13.3 Å². The molecule has 0 aliphatic rings. The average Bonchev–Trinajstić information content (AvgIpc) is 2.07. The minimum absolute atomic E-state index is 0.845. The molecule has 0 aromatic rings. The van der Waals surface area contributed by atoms with Gasteiger partial charge in [-0.25, -0.2) is 0 Å². The van der Waals surface area contributed by atoms with Crippen molar-refractivity contribution in [3.63, 3.8) is 0 Å². The van der Waals surface area contributed by atoms with E-state index in [2.05, 4.69) is 0 Å². The van der Waals surface area contributed by atoms with Gasteiger partial charge in [0, 0.05) is 6.54 Å². The van der Waals surface area contributed by atoms with Crippen molar-refractivity contribution in [3.8, 4) is 0 Å². The predicted molar refractivity (Wildman–Crippen MR) is 51.5 cm³/mol. The number of carboxylic acids is 1. The van der Waals surface area contributed by atoms with Crippen LogP contribution in [0, 0.1) is 5.92 Å². The standard InChI is InChI=1S/C9H11F6NO4/c1-7(20,2-4(17)18)3-16-6(19)5(8(10,11)12)9(13,14)15/h5,20H,2-3H2,1H3,(H,16,19)(H,17,18). The maximum absolute atomic E-state index is 12.2. The Morgan fingerprint density at radius 3 is 1.80 bits per heavy atom. The Labute approximate surface area is 108 Å². The van der Waals surface area contributed by atoms with Crippen molar-refractivity contribution in [1.82, 2.24) is 5.32 Å². The summed E-state index contributed by atoms with van der Waals surface area (Å²) in [6, 6.07) is 0. The van der Waals surface area contributed by atoms with Gasteiger partial charge in [0.05, 0.1) is 12.0 Å². The summed E-state index contributed by atoms with van der Waals surface area (Å²) in [5.74, 6) is -8.18. The Kier molecular flexibility index (Phi) is 5.41. The van der Waals surface area contributed by atoms with Crippen molar-refractivity contribution in [3.05, 3.63) is 0 Å². The van der Waals surface area contributed by atoms with Gasteiger partial charge in [-0.15, -0.1) is 0 Å². The molecule has 0 aliphatic heterocycles. The van der Waals surface area contributed by atoms with E-state index >= 15 is 0 Å². The van der Waals surface area contributed by atoms with Gasteiger partial charge in [0.15, 0.2) is 0 Å². The first-order valence-corrected chi connectivity index (χ1v) is 5.02. The van der Waals surface area contributed by atoms with Gasteiger partial charge in [-0.1, -0.05) is 0 Å². The highest BCUT2D eigenvalue weighted by Crippen LogP contribution is 2.39. The fourth-order valence-corrected chi connectivity index (χ4v) is 1.25. The predicted octanol–water partition coefficient (Wildman–Crippen LogP) is 1.07. The summed E-state index contributed by atoms with van der Waals surface area (Å²) in [5.41, 5.74) is -2.18. The monoisotopic (exact) mass is 311 g/mol. The number of hydrogen-bond acceptors (Lipinski definition) is 3. The molecule has 0 rings (SSSR count). The van der Waals surface area contributed by atoms with Crippen molar-refractivity contribution in [2.45, 2.75) is 31.3 Å². The van der Waals surface area contributed by atoms with E-state index in [1.807, 2.05) is 0 Å². The van der Waals surface area contributed by atoms with E-state index in [9.17, 15) is 41.0 Å². The first-order valence-electron chi connectivity index (χ1n) is 5.02. The highest BCUT2D eigenvalue weighted by Gasteiger charge is 2.61. The van der Waals surface area contributed by atoms with E-state index in [0.717, 1.165) is 6.92 Å². The molecule has 1 unspecified atom stereocenters. The Hall–Kier alpha value is -1.52. The summed E-state index contributed by atoms with van der Waals surface area (Å²) in [5, 5.41) is 19.0. The fourth-order valence-electron chi connectivity index (χ4n) is 1.25. The Morgan fingerprint density at radius 1 is 1.10 bits per heavy atom. The second kappa shape index (κ2) is 5.85. The van der Waals surface area contributed by atoms with Crippen LogP contribution in [0.4, 0.5) is 26.3 Å². The number of aliphatic carboxylic acids is 1. The summed E-state index contributed by atoms with van der Waals surface area (Å²) < 4.78 is 73.0. The zero-order valence-electron chi connectivity index (χ0n) is 9.97. The second-order valence-corrected chi connectivity index (χ2v) is 4.30. The van der Waals surface area contributed by atoms with Gasteiger partial charge in [-0.05, 0) is 6.92 Å². The van der Waals surface area contributed by atoms with Crippen molar-refractivity contribution in [2.75, 3.05) is 6.54 Å².